The summed E-state index contributed by atoms with van der Waals surface area (Å²) >= 11 is 0. The normalized spacial score (nSPS) is 21.4. The van der Waals surface area contributed by atoms with Crippen molar-refractivity contribution in [3.8, 4) is 0 Å². The summed E-state index contributed by atoms with van der Waals surface area (Å²) in [7, 11) is -3.54. The third kappa shape index (κ3) is 3.87. The van der Waals surface area contributed by atoms with E-state index < -0.39 is 10.0 Å². The van der Waals surface area contributed by atoms with Gasteiger partial charge in [-0.25, -0.2) is 8.42 Å². The van der Waals surface area contributed by atoms with Crippen LogP contribution in [0.15, 0.2) is 40.4 Å². The van der Waals surface area contributed by atoms with Gasteiger partial charge in [0, 0.05) is 12.1 Å². The molecule has 5 heteroatoms. The molecule has 0 radical (unpaired) electrons. The van der Waals surface area contributed by atoms with Crippen LogP contribution in [0.4, 0.5) is 0 Å². The Kier molecular flexibility index (Phi) is 5.13. The number of rotatable bonds is 4. The Labute approximate surface area is 150 Å². The average molecular weight is 359 g/mol. The predicted octanol–water partition coefficient (Wildman–Crippen LogP) is 4.26. The smallest absolute Gasteiger partial charge is 0.264 e. The number of hydrogen-bond acceptors (Lipinski definition) is 3. The first-order valence-corrected chi connectivity index (χ1v) is 10.4. The van der Waals surface area contributed by atoms with Gasteiger partial charge in [0.1, 0.15) is 10.7 Å². The lowest BCUT2D eigenvalue weighted by Crippen LogP contribution is -2.23. The molecule has 3 rings (SSSR count). The van der Waals surface area contributed by atoms with Crippen molar-refractivity contribution in [1.82, 2.24) is 4.72 Å². The van der Waals surface area contributed by atoms with E-state index in [-0.39, 0.29) is 0 Å². The highest BCUT2D eigenvalue weighted by atomic mass is 32.2. The molecule has 1 aliphatic carbocycles. The summed E-state index contributed by atoms with van der Waals surface area (Å²) in [6, 6.07) is 5.77. The molecule has 1 aliphatic heterocycles. The van der Waals surface area contributed by atoms with Crippen molar-refractivity contribution in [2.24, 2.45) is 4.99 Å². The van der Waals surface area contributed by atoms with Gasteiger partial charge in [0.15, 0.2) is 0 Å². The molecule has 0 saturated carbocycles. The number of aliphatic imine (C=N–C) groups is 1. The van der Waals surface area contributed by atoms with Crippen LogP contribution in [0.5, 0.6) is 0 Å². The summed E-state index contributed by atoms with van der Waals surface area (Å²) in [6.45, 7) is 6.48. The zero-order valence-corrected chi connectivity index (χ0v) is 16.0. The molecule has 0 bridgehead atoms. The lowest BCUT2D eigenvalue weighted by molar-refractivity contribution is 0.603. The minimum absolute atomic E-state index is 0.353. The van der Waals surface area contributed by atoms with Crippen LogP contribution < -0.4 is 4.72 Å². The van der Waals surface area contributed by atoms with Gasteiger partial charge in [-0.3, -0.25) is 9.71 Å². The van der Waals surface area contributed by atoms with E-state index in [9.17, 15) is 8.42 Å². The van der Waals surface area contributed by atoms with E-state index in [4.69, 9.17) is 0 Å². The molecule has 0 aromatic heterocycles. The highest BCUT2D eigenvalue weighted by molar-refractivity contribution is 8.00. The third-order valence-corrected chi connectivity index (χ3v) is 6.59. The monoisotopic (exact) mass is 358 g/mol. The first-order valence-electron chi connectivity index (χ1n) is 8.92. The highest BCUT2D eigenvalue weighted by Gasteiger charge is 2.32. The van der Waals surface area contributed by atoms with Crippen LogP contribution in [0.3, 0.4) is 0 Å². The molecule has 4 nitrogen and oxygen atoms in total. The third-order valence-electron chi connectivity index (χ3n) is 5.05. The Balaban J connectivity index is 1.85. The molecule has 2 aliphatic rings. The van der Waals surface area contributed by atoms with E-state index in [1.807, 2.05) is 39.0 Å². The molecule has 1 aromatic carbocycles. The molecule has 0 spiro atoms. The summed E-state index contributed by atoms with van der Waals surface area (Å²) in [6.07, 6.45) is 8.07. The predicted molar refractivity (Wildman–Crippen MR) is 104 cm³/mol. The molecule has 1 heterocycles. The minimum atomic E-state index is -3.54. The van der Waals surface area contributed by atoms with Gasteiger partial charge >= 0.3 is 0 Å². The number of amidine groups is 1. The zero-order chi connectivity index (χ0) is 18.0. The maximum Gasteiger partial charge on any atom is 0.264 e. The van der Waals surface area contributed by atoms with Crippen LogP contribution in [0.25, 0.3) is 4.91 Å². The Hall–Kier alpha value is -1.88. The number of benzene rings is 1. The fraction of sp³-hybridized carbons (Fsp3) is 0.450. The largest absolute Gasteiger partial charge is 0.267 e. The van der Waals surface area contributed by atoms with Crippen molar-refractivity contribution in [1.29, 1.82) is 0 Å². The second kappa shape index (κ2) is 7.16. The second-order valence-corrected chi connectivity index (χ2v) is 8.57. The standard InChI is InChI=1S/C20H26N2O2S/c1-14-9-10-18(13-15(14)2)19-16(3)20(22-25(19,23)24)21-12-11-17-7-5-4-6-8-17/h7,9-10,13H,4-6,8,11-12H2,1-3H3,(H,21,22). The molecule has 0 saturated heterocycles. The molecule has 0 amide bonds. The van der Waals surface area contributed by atoms with Crippen molar-refractivity contribution in [3.05, 3.63) is 52.1 Å². The van der Waals surface area contributed by atoms with Crippen LogP contribution in [0.1, 0.15) is 55.7 Å². The van der Waals surface area contributed by atoms with E-state index in [1.54, 1.807) is 0 Å². The topological polar surface area (TPSA) is 58.5 Å². The van der Waals surface area contributed by atoms with E-state index in [1.165, 1.54) is 18.4 Å². The van der Waals surface area contributed by atoms with Crippen LogP contribution >= 0.6 is 0 Å². The molecule has 0 unspecified atom stereocenters. The maximum absolute atomic E-state index is 12.6. The number of nitrogens with one attached hydrogen (secondary N) is 1. The molecule has 134 valence electrons. The van der Waals surface area contributed by atoms with Gasteiger partial charge in [0.25, 0.3) is 10.0 Å². The molecule has 0 fully saturated rings. The van der Waals surface area contributed by atoms with Crippen molar-refractivity contribution >= 4 is 20.8 Å². The van der Waals surface area contributed by atoms with E-state index in [2.05, 4.69) is 15.8 Å². The van der Waals surface area contributed by atoms with Gasteiger partial charge in [-0.15, -0.1) is 0 Å². The minimum Gasteiger partial charge on any atom is -0.267 e. The molecular formula is C20H26N2O2S. The van der Waals surface area contributed by atoms with Crippen molar-refractivity contribution in [2.45, 2.75) is 52.9 Å². The van der Waals surface area contributed by atoms with Crippen LogP contribution in [0, 0.1) is 13.8 Å². The van der Waals surface area contributed by atoms with Gasteiger partial charge in [-0.1, -0.05) is 29.8 Å². The summed E-state index contributed by atoms with van der Waals surface area (Å²) in [5.74, 6) is 0.490. The molecular weight excluding hydrogens is 332 g/mol. The number of aryl methyl sites for hydroxylation is 2. The van der Waals surface area contributed by atoms with Gasteiger partial charge < -0.3 is 0 Å². The number of hydrogen-bond donors (Lipinski definition) is 1. The second-order valence-electron chi connectivity index (χ2n) is 6.95. The summed E-state index contributed by atoms with van der Waals surface area (Å²) in [5, 5.41) is 0. The van der Waals surface area contributed by atoms with E-state index in [0.717, 1.165) is 36.0 Å². The van der Waals surface area contributed by atoms with Gasteiger partial charge in [0.2, 0.25) is 0 Å². The Morgan fingerprint density at radius 3 is 2.60 bits per heavy atom. The SMILES string of the molecule is CC1=C(c2ccc(C)c(C)c2)S(=O)(=O)NC1=NCCC1=CCCCC1. The molecule has 1 N–H and O–H groups in total. The number of allylic oxidation sites excluding steroid dienone is 1. The summed E-state index contributed by atoms with van der Waals surface area (Å²) in [5.41, 5.74) is 5.13. The summed E-state index contributed by atoms with van der Waals surface area (Å²) < 4.78 is 27.8. The quantitative estimate of drug-likeness (QED) is 0.818. The highest BCUT2D eigenvalue weighted by Crippen LogP contribution is 2.31. The van der Waals surface area contributed by atoms with Gasteiger partial charge in [-0.05, 0) is 69.6 Å². The average Bonchev–Trinajstić information content (AvgIpc) is 2.80. The number of sulfonamides is 1. The zero-order valence-electron chi connectivity index (χ0n) is 15.2. The Morgan fingerprint density at radius 2 is 1.92 bits per heavy atom. The van der Waals surface area contributed by atoms with Crippen molar-refractivity contribution < 1.29 is 8.42 Å². The van der Waals surface area contributed by atoms with Crippen LogP contribution in [-0.4, -0.2) is 20.8 Å². The maximum atomic E-state index is 12.6. The molecule has 1 aromatic rings. The summed E-state index contributed by atoms with van der Waals surface area (Å²) in [4.78, 5) is 4.89. The molecule has 25 heavy (non-hydrogen) atoms. The van der Waals surface area contributed by atoms with E-state index >= 15 is 0 Å². The molecule has 0 atom stereocenters. The fourth-order valence-electron chi connectivity index (χ4n) is 3.41. The Bertz CT molecular complexity index is 877. The van der Waals surface area contributed by atoms with Crippen LogP contribution in [-0.2, 0) is 10.0 Å². The van der Waals surface area contributed by atoms with Crippen molar-refractivity contribution in [2.75, 3.05) is 6.54 Å². The van der Waals surface area contributed by atoms with Gasteiger partial charge in [0.05, 0.1) is 0 Å². The Morgan fingerprint density at radius 1 is 1.12 bits per heavy atom. The number of nitrogens with zero attached hydrogens (tertiary/aromatic N) is 1. The first-order chi connectivity index (χ1) is 11.9. The van der Waals surface area contributed by atoms with Gasteiger partial charge in [-0.2, -0.15) is 0 Å². The lowest BCUT2D eigenvalue weighted by atomic mass is 9.97. The lowest BCUT2D eigenvalue weighted by Gasteiger charge is -2.11. The van der Waals surface area contributed by atoms with Crippen LogP contribution in [0.2, 0.25) is 0 Å². The first kappa shape index (κ1) is 17.9. The van der Waals surface area contributed by atoms with Crippen molar-refractivity contribution in [3.63, 3.8) is 0 Å². The van der Waals surface area contributed by atoms with E-state index in [0.29, 0.717) is 22.9 Å². The fourth-order valence-corrected chi connectivity index (χ4v) is 4.92.